The zero-order valence-corrected chi connectivity index (χ0v) is 11.9. The van der Waals surface area contributed by atoms with Crippen LogP contribution in [0.15, 0.2) is 45.1 Å². The van der Waals surface area contributed by atoms with E-state index < -0.39 is 12.0 Å². The van der Waals surface area contributed by atoms with Gasteiger partial charge < -0.3 is 10.4 Å². The van der Waals surface area contributed by atoms with Crippen LogP contribution >= 0.6 is 27.7 Å². The molecule has 3 rings (SSSR count). The molecule has 19 heavy (non-hydrogen) atoms. The molecule has 96 valence electrons. The van der Waals surface area contributed by atoms with Crippen molar-refractivity contribution in [2.75, 3.05) is 5.32 Å². The molecule has 0 saturated heterocycles. The fourth-order valence-corrected chi connectivity index (χ4v) is 3.16. The number of carbonyl (C=O) groups is 1. The molecule has 0 spiro atoms. The molecule has 2 heterocycles. The van der Waals surface area contributed by atoms with Gasteiger partial charge in [0, 0.05) is 33.0 Å². The lowest BCUT2D eigenvalue weighted by Crippen LogP contribution is -2.10. The van der Waals surface area contributed by atoms with Gasteiger partial charge in [0.25, 0.3) is 5.91 Å². The standard InChI is InChI=1S/C12H8BrN3O2S/c13-7-3-6-8(16-12(18)11(6)17)4-9(7)19-10-5-14-1-2-15-10/h1-5,11,17H,(H,16,18). The fraction of sp³-hybridized carbons (Fsp3) is 0.0833. The van der Waals surface area contributed by atoms with Crippen LogP contribution in [0.4, 0.5) is 5.69 Å². The number of carbonyl (C=O) groups excluding carboxylic acids is 1. The summed E-state index contributed by atoms with van der Waals surface area (Å²) in [6.07, 6.45) is 3.80. The molecular formula is C12H8BrN3O2S. The molecule has 1 amide bonds. The first-order chi connectivity index (χ1) is 9.15. The SMILES string of the molecule is O=C1Nc2cc(Sc3cnccn3)c(Br)cc2C1O. The van der Waals surface area contributed by atoms with Gasteiger partial charge in [0.2, 0.25) is 0 Å². The highest BCUT2D eigenvalue weighted by Crippen LogP contribution is 2.40. The first kappa shape index (κ1) is 12.6. The zero-order valence-electron chi connectivity index (χ0n) is 9.50. The van der Waals surface area contributed by atoms with E-state index in [0.29, 0.717) is 11.3 Å². The Hall–Kier alpha value is -1.44. The minimum atomic E-state index is -1.10. The smallest absolute Gasteiger partial charge is 0.257 e. The highest BCUT2D eigenvalue weighted by atomic mass is 79.9. The number of aromatic nitrogens is 2. The van der Waals surface area contributed by atoms with Gasteiger partial charge in [-0.1, -0.05) is 11.8 Å². The molecule has 2 aromatic rings. The third-order valence-corrected chi connectivity index (χ3v) is 4.56. The van der Waals surface area contributed by atoms with Crippen molar-refractivity contribution in [2.45, 2.75) is 16.0 Å². The molecule has 1 atom stereocenters. The van der Waals surface area contributed by atoms with Gasteiger partial charge in [0.15, 0.2) is 6.10 Å². The Balaban J connectivity index is 1.97. The van der Waals surface area contributed by atoms with Crippen molar-refractivity contribution < 1.29 is 9.90 Å². The minimum Gasteiger partial charge on any atom is -0.378 e. The lowest BCUT2D eigenvalue weighted by atomic mass is 10.1. The Bertz CT molecular complexity index is 651. The average Bonchev–Trinajstić information content (AvgIpc) is 2.67. The highest BCUT2D eigenvalue weighted by Gasteiger charge is 2.29. The van der Waals surface area contributed by atoms with E-state index in [1.165, 1.54) is 11.8 Å². The highest BCUT2D eigenvalue weighted by molar-refractivity contribution is 9.10. The second-order valence-electron chi connectivity index (χ2n) is 3.91. The van der Waals surface area contributed by atoms with Crippen molar-refractivity contribution in [1.82, 2.24) is 9.97 Å². The Labute approximate surface area is 121 Å². The number of anilines is 1. The summed E-state index contributed by atoms with van der Waals surface area (Å²) in [5.74, 6) is -0.399. The van der Waals surface area contributed by atoms with Crippen LogP contribution in [0, 0.1) is 0 Å². The Kier molecular flexibility index (Phi) is 3.26. The van der Waals surface area contributed by atoms with Crippen LogP contribution in [-0.2, 0) is 4.79 Å². The van der Waals surface area contributed by atoms with Crippen molar-refractivity contribution in [3.05, 3.63) is 40.8 Å². The summed E-state index contributed by atoms with van der Waals surface area (Å²) >= 11 is 4.86. The molecular weight excluding hydrogens is 330 g/mol. The Morgan fingerprint density at radius 1 is 1.37 bits per heavy atom. The lowest BCUT2D eigenvalue weighted by Gasteiger charge is -2.07. The molecule has 1 aromatic heterocycles. The third-order valence-electron chi connectivity index (χ3n) is 2.66. The van der Waals surface area contributed by atoms with Crippen LogP contribution in [0.25, 0.3) is 0 Å². The van der Waals surface area contributed by atoms with Gasteiger partial charge in [0.1, 0.15) is 5.03 Å². The largest absolute Gasteiger partial charge is 0.378 e. The maximum Gasteiger partial charge on any atom is 0.257 e. The molecule has 1 aliphatic rings. The normalized spacial score (nSPS) is 17.2. The number of fused-ring (bicyclic) bond motifs is 1. The zero-order chi connectivity index (χ0) is 13.4. The van der Waals surface area contributed by atoms with Gasteiger partial charge in [0.05, 0.1) is 6.20 Å². The second-order valence-corrected chi connectivity index (χ2v) is 5.82. The van der Waals surface area contributed by atoms with Crippen molar-refractivity contribution in [3.63, 3.8) is 0 Å². The van der Waals surface area contributed by atoms with Crippen molar-refractivity contribution in [2.24, 2.45) is 0 Å². The Morgan fingerprint density at radius 2 is 2.21 bits per heavy atom. The van der Waals surface area contributed by atoms with E-state index in [9.17, 15) is 9.90 Å². The van der Waals surface area contributed by atoms with Gasteiger partial charge in [-0.25, -0.2) is 4.98 Å². The van der Waals surface area contributed by atoms with Crippen LogP contribution in [0.5, 0.6) is 0 Å². The number of benzene rings is 1. The molecule has 1 aromatic carbocycles. The van der Waals surface area contributed by atoms with Crippen molar-refractivity contribution in [1.29, 1.82) is 0 Å². The van der Waals surface area contributed by atoms with Crippen LogP contribution in [0.2, 0.25) is 0 Å². The van der Waals surface area contributed by atoms with Crippen molar-refractivity contribution in [3.8, 4) is 0 Å². The first-order valence-electron chi connectivity index (χ1n) is 5.41. The molecule has 0 aliphatic carbocycles. The molecule has 0 radical (unpaired) electrons. The average molecular weight is 338 g/mol. The van der Waals surface area contributed by atoms with Crippen LogP contribution in [0.3, 0.4) is 0 Å². The number of nitrogens with one attached hydrogen (secondary N) is 1. The van der Waals surface area contributed by atoms with Crippen LogP contribution in [0.1, 0.15) is 11.7 Å². The van der Waals surface area contributed by atoms with E-state index in [-0.39, 0.29) is 0 Å². The monoisotopic (exact) mass is 337 g/mol. The summed E-state index contributed by atoms with van der Waals surface area (Å²) in [6, 6.07) is 3.56. The predicted molar refractivity (Wildman–Crippen MR) is 73.9 cm³/mol. The maximum atomic E-state index is 11.4. The molecule has 5 nitrogen and oxygen atoms in total. The summed E-state index contributed by atoms with van der Waals surface area (Å²) in [6.45, 7) is 0. The number of halogens is 1. The number of aliphatic hydroxyl groups is 1. The van der Waals surface area contributed by atoms with Crippen LogP contribution < -0.4 is 5.32 Å². The molecule has 1 unspecified atom stereocenters. The molecule has 2 N–H and O–H groups in total. The van der Waals surface area contributed by atoms with Gasteiger partial charge in [-0.05, 0) is 28.1 Å². The first-order valence-corrected chi connectivity index (χ1v) is 7.02. The van der Waals surface area contributed by atoms with E-state index in [2.05, 4.69) is 31.2 Å². The quantitative estimate of drug-likeness (QED) is 0.879. The molecule has 0 saturated carbocycles. The van der Waals surface area contributed by atoms with Gasteiger partial charge in [-0.15, -0.1) is 0 Å². The van der Waals surface area contributed by atoms with Crippen LogP contribution in [-0.4, -0.2) is 21.0 Å². The predicted octanol–water partition coefficient (Wildman–Crippen LogP) is 2.38. The number of rotatable bonds is 2. The van der Waals surface area contributed by atoms with E-state index in [0.717, 1.165) is 14.4 Å². The van der Waals surface area contributed by atoms with E-state index in [1.54, 1.807) is 24.7 Å². The molecule has 7 heteroatoms. The fourth-order valence-electron chi connectivity index (χ4n) is 1.77. The van der Waals surface area contributed by atoms with E-state index >= 15 is 0 Å². The topological polar surface area (TPSA) is 75.1 Å². The van der Waals surface area contributed by atoms with Crippen molar-refractivity contribution >= 4 is 39.3 Å². The number of hydrogen-bond acceptors (Lipinski definition) is 5. The number of amides is 1. The number of aliphatic hydroxyl groups excluding tert-OH is 1. The second kappa shape index (κ2) is 4.92. The maximum absolute atomic E-state index is 11.4. The van der Waals surface area contributed by atoms with E-state index in [4.69, 9.17) is 0 Å². The van der Waals surface area contributed by atoms with Gasteiger partial charge >= 0.3 is 0 Å². The summed E-state index contributed by atoms with van der Waals surface area (Å²) in [4.78, 5) is 20.5. The summed E-state index contributed by atoms with van der Waals surface area (Å²) in [5.41, 5.74) is 1.22. The molecule has 0 fully saturated rings. The van der Waals surface area contributed by atoms with E-state index in [1.807, 2.05) is 6.07 Å². The van der Waals surface area contributed by atoms with Gasteiger partial charge in [-0.2, -0.15) is 0 Å². The Morgan fingerprint density at radius 3 is 2.95 bits per heavy atom. The molecule has 0 bridgehead atoms. The summed E-state index contributed by atoms with van der Waals surface area (Å²) < 4.78 is 0.803. The number of hydrogen-bond donors (Lipinski definition) is 2. The van der Waals surface area contributed by atoms with Gasteiger partial charge in [-0.3, -0.25) is 9.78 Å². The lowest BCUT2D eigenvalue weighted by molar-refractivity contribution is -0.123. The number of nitrogens with zero attached hydrogens (tertiary/aromatic N) is 2. The summed E-state index contributed by atoms with van der Waals surface area (Å²) in [7, 11) is 0. The minimum absolute atomic E-state index is 0.399. The summed E-state index contributed by atoms with van der Waals surface area (Å²) in [5, 5.41) is 13.1. The molecule has 1 aliphatic heterocycles. The third kappa shape index (κ3) is 2.36.